The molecule has 2 amide bonds. The first-order valence-corrected chi connectivity index (χ1v) is 12.3. The Morgan fingerprint density at radius 3 is 2.42 bits per heavy atom. The second-order valence-corrected chi connectivity index (χ2v) is 9.14. The molecule has 0 aliphatic carbocycles. The minimum Gasteiger partial charge on any atom is -0.490 e. The van der Waals surface area contributed by atoms with Gasteiger partial charge in [-0.25, -0.2) is 5.43 Å². The lowest BCUT2D eigenvalue weighted by Crippen LogP contribution is -2.32. The molecule has 3 aromatic carbocycles. The van der Waals surface area contributed by atoms with Gasteiger partial charge in [0.1, 0.15) is 6.61 Å². The van der Waals surface area contributed by atoms with Gasteiger partial charge in [-0.15, -0.1) is 0 Å². The van der Waals surface area contributed by atoms with E-state index >= 15 is 0 Å². The molecule has 0 saturated carbocycles. The van der Waals surface area contributed by atoms with Gasteiger partial charge < -0.3 is 14.8 Å². The van der Waals surface area contributed by atoms with Crippen LogP contribution in [0.25, 0.3) is 0 Å². The number of hydrazone groups is 1. The van der Waals surface area contributed by atoms with Crippen LogP contribution in [0.4, 0.5) is 18.9 Å². The number of aryl methyl sites for hydroxylation is 1. The van der Waals surface area contributed by atoms with Crippen molar-refractivity contribution >= 4 is 51.2 Å². The van der Waals surface area contributed by atoms with Gasteiger partial charge in [0.15, 0.2) is 11.5 Å². The van der Waals surface area contributed by atoms with Crippen molar-refractivity contribution in [2.24, 2.45) is 5.10 Å². The van der Waals surface area contributed by atoms with E-state index in [1.807, 2.05) is 48.9 Å². The molecule has 12 heteroatoms. The normalized spacial score (nSPS) is 11.3. The summed E-state index contributed by atoms with van der Waals surface area (Å²) in [5.41, 5.74) is 3.24. The SMILES string of the molecule is CCOc1cc(/C=N/NC(=O)C(=O)Nc2cc(C(F)(F)F)ccc2Cl)cc(Br)c1OCc1ccc(C)cc1. The molecule has 38 heavy (non-hydrogen) atoms. The molecule has 0 saturated heterocycles. The van der Waals surface area contributed by atoms with E-state index in [0.717, 1.165) is 23.3 Å². The number of hydrogen-bond donors (Lipinski definition) is 2. The molecule has 0 atom stereocenters. The molecule has 0 unspecified atom stereocenters. The maximum absolute atomic E-state index is 12.9. The van der Waals surface area contributed by atoms with Gasteiger partial charge in [-0.05, 0) is 71.2 Å². The number of benzene rings is 3. The maximum atomic E-state index is 12.9. The maximum Gasteiger partial charge on any atom is 0.416 e. The Morgan fingerprint density at radius 2 is 1.76 bits per heavy atom. The molecule has 0 aliphatic rings. The van der Waals surface area contributed by atoms with Crippen molar-refractivity contribution in [2.45, 2.75) is 26.6 Å². The quantitative estimate of drug-likeness (QED) is 0.173. The molecule has 0 bridgehead atoms. The van der Waals surface area contributed by atoms with E-state index in [9.17, 15) is 22.8 Å². The average Bonchev–Trinajstić information content (AvgIpc) is 2.85. The van der Waals surface area contributed by atoms with Crippen molar-refractivity contribution < 1.29 is 32.2 Å². The van der Waals surface area contributed by atoms with Gasteiger partial charge in [-0.2, -0.15) is 18.3 Å². The van der Waals surface area contributed by atoms with Crippen LogP contribution in [-0.2, 0) is 22.4 Å². The Morgan fingerprint density at radius 1 is 1.05 bits per heavy atom. The summed E-state index contributed by atoms with van der Waals surface area (Å²) in [6, 6.07) is 13.6. The number of ether oxygens (including phenoxy) is 2. The van der Waals surface area contributed by atoms with Gasteiger partial charge in [0.05, 0.1) is 33.6 Å². The van der Waals surface area contributed by atoms with E-state index in [1.165, 1.54) is 6.21 Å². The van der Waals surface area contributed by atoms with E-state index in [1.54, 1.807) is 12.1 Å². The van der Waals surface area contributed by atoms with Crippen molar-refractivity contribution in [3.05, 3.63) is 86.3 Å². The van der Waals surface area contributed by atoms with E-state index in [4.69, 9.17) is 21.1 Å². The second-order valence-electron chi connectivity index (χ2n) is 7.88. The Balaban J connectivity index is 1.66. The molecule has 7 nitrogen and oxygen atoms in total. The molecule has 0 heterocycles. The van der Waals surface area contributed by atoms with Crippen molar-refractivity contribution in [3.63, 3.8) is 0 Å². The zero-order chi connectivity index (χ0) is 27.9. The van der Waals surface area contributed by atoms with Gasteiger partial charge in [0.2, 0.25) is 0 Å². The third-order valence-corrected chi connectivity index (χ3v) is 5.88. The lowest BCUT2D eigenvalue weighted by Gasteiger charge is -2.15. The molecule has 0 aliphatic heterocycles. The zero-order valence-corrected chi connectivity index (χ0v) is 22.5. The number of halogens is 5. The van der Waals surface area contributed by atoms with Gasteiger partial charge >= 0.3 is 18.0 Å². The number of nitrogens with one attached hydrogen (secondary N) is 2. The Kier molecular flexibility index (Phi) is 9.76. The number of alkyl halides is 3. The Hall–Kier alpha value is -3.57. The third kappa shape index (κ3) is 7.96. The largest absolute Gasteiger partial charge is 0.490 e. The number of carbonyl (C=O) groups is 2. The van der Waals surface area contributed by atoms with Crippen LogP contribution in [0.15, 0.2) is 64.2 Å². The Labute approximate surface area is 230 Å². The topological polar surface area (TPSA) is 89.0 Å². The second kappa shape index (κ2) is 12.8. The summed E-state index contributed by atoms with van der Waals surface area (Å²) in [5, 5.41) is 5.62. The number of rotatable bonds is 8. The summed E-state index contributed by atoms with van der Waals surface area (Å²) >= 11 is 9.29. The summed E-state index contributed by atoms with van der Waals surface area (Å²) in [6.07, 6.45) is -3.38. The number of amides is 2. The number of carbonyl (C=O) groups excluding carboxylic acids is 2. The molecule has 3 rings (SSSR count). The fraction of sp³-hybridized carbons (Fsp3) is 0.192. The Bertz CT molecular complexity index is 1350. The number of hydrogen-bond acceptors (Lipinski definition) is 5. The number of nitrogens with zero attached hydrogens (tertiary/aromatic N) is 1. The van der Waals surface area contributed by atoms with Crippen LogP contribution in [-0.4, -0.2) is 24.6 Å². The first-order valence-electron chi connectivity index (χ1n) is 11.1. The van der Waals surface area contributed by atoms with E-state index in [-0.39, 0.29) is 10.7 Å². The highest BCUT2D eigenvalue weighted by molar-refractivity contribution is 9.10. The van der Waals surface area contributed by atoms with Gasteiger partial charge in [-0.1, -0.05) is 41.4 Å². The molecule has 2 N–H and O–H groups in total. The zero-order valence-electron chi connectivity index (χ0n) is 20.2. The fourth-order valence-corrected chi connectivity index (χ4v) is 3.84. The molecule has 0 radical (unpaired) electrons. The predicted molar refractivity (Wildman–Crippen MR) is 142 cm³/mol. The molecular weight excluding hydrogens is 591 g/mol. The highest BCUT2D eigenvalue weighted by Crippen LogP contribution is 2.37. The van der Waals surface area contributed by atoms with Crippen molar-refractivity contribution in [1.82, 2.24) is 5.43 Å². The van der Waals surface area contributed by atoms with Crippen LogP contribution in [0, 0.1) is 6.92 Å². The lowest BCUT2D eigenvalue weighted by molar-refractivity contribution is -0.137. The lowest BCUT2D eigenvalue weighted by atomic mass is 10.2. The van der Waals surface area contributed by atoms with Crippen molar-refractivity contribution in [1.29, 1.82) is 0 Å². The number of anilines is 1. The van der Waals surface area contributed by atoms with Crippen LogP contribution in [0.5, 0.6) is 11.5 Å². The third-order valence-electron chi connectivity index (χ3n) is 4.96. The standard InChI is InChI=1S/C26H22BrClF3N3O4/c1-3-37-22-11-17(10-19(27)23(22)38-14-16-6-4-15(2)5-7-16)13-32-34-25(36)24(35)33-21-12-18(26(29,30)31)8-9-20(21)28/h4-13H,3,14H2,1-2H3,(H,33,35)(H,34,36)/b32-13+. The molecule has 0 spiro atoms. The highest BCUT2D eigenvalue weighted by Gasteiger charge is 2.31. The van der Waals surface area contributed by atoms with E-state index in [0.29, 0.717) is 40.8 Å². The van der Waals surface area contributed by atoms with Gasteiger partial charge in [-0.3, -0.25) is 9.59 Å². The first kappa shape index (κ1) is 29.0. The van der Waals surface area contributed by atoms with Crippen LogP contribution in [0.2, 0.25) is 5.02 Å². The van der Waals surface area contributed by atoms with Crippen LogP contribution >= 0.6 is 27.5 Å². The predicted octanol–water partition coefficient (Wildman–Crippen LogP) is 6.50. The minimum absolute atomic E-state index is 0.166. The monoisotopic (exact) mass is 611 g/mol. The van der Waals surface area contributed by atoms with Gasteiger partial charge in [0, 0.05) is 0 Å². The smallest absolute Gasteiger partial charge is 0.416 e. The van der Waals surface area contributed by atoms with Crippen molar-refractivity contribution in [2.75, 3.05) is 11.9 Å². The van der Waals surface area contributed by atoms with Gasteiger partial charge in [0.25, 0.3) is 0 Å². The van der Waals surface area contributed by atoms with Crippen LogP contribution in [0.1, 0.15) is 29.2 Å². The van der Waals surface area contributed by atoms with E-state index < -0.39 is 23.6 Å². The minimum atomic E-state index is -4.65. The summed E-state index contributed by atoms with van der Waals surface area (Å²) in [7, 11) is 0. The van der Waals surface area contributed by atoms with Crippen LogP contribution < -0.4 is 20.2 Å². The molecule has 200 valence electrons. The average molecular weight is 613 g/mol. The molecule has 0 fully saturated rings. The first-order chi connectivity index (χ1) is 18.0. The molecule has 3 aromatic rings. The summed E-state index contributed by atoms with van der Waals surface area (Å²) in [6.45, 7) is 4.49. The fourth-order valence-electron chi connectivity index (χ4n) is 3.10. The summed E-state index contributed by atoms with van der Waals surface area (Å²) in [4.78, 5) is 24.2. The van der Waals surface area contributed by atoms with Crippen molar-refractivity contribution in [3.8, 4) is 11.5 Å². The van der Waals surface area contributed by atoms with Crippen LogP contribution in [0.3, 0.4) is 0 Å². The molecule has 0 aromatic heterocycles. The van der Waals surface area contributed by atoms with E-state index in [2.05, 4.69) is 21.0 Å². The molecular formula is C26H22BrClF3N3O4. The summed E-state index contributed by atoms with van der Waals surface area (Å²) in [5.74, 6) is -1.55. The summed E-state index contributed by atoms with van der Waals surface area (Å²) < 4.78 is 50.9. The highest BCUT2D eigenvalue weighted by atomic mass is 79.9.